The van der Waals surface area contributed by atoms with Crippen molar-refractivity contribution in [3.8, 4) is 0 Å². The third-order valence-electron chi connectivity index (χ3n) is 6.64. The highest BCUT2D eigenvalue weighted by molar-refractivity contribution is 6.06. The summed E-state index contributed by atoms with van der Waals surface area (Å²) in [6, 6.07) is 10.1. The molecule has 34 heavy (non-hydrogen) atoms. The molecule has 0 saturated carbocycles. The zero-order valence-corrected chi connectivity index (χ0v) is 18.8. The van der Waals surface area contributed by atoms with Crippen LogP contribution in [0.4, 0.5) is 10.1 Å². The van der Waals surface area contributed by atoms with E-state index >= 15 is 0 Å². The fourth-order valence-corrected chi connectivity index (χ4v) is 4.76. The highest BCUT2D eigenvalue weighted by atomic mass is 19.1. The third kappa shape index (κ3) is 4.67. The molecular formula is C25H27FN4O4. The minimum atomic E-state index is -0.729. The fourth-order valence-electron chi connectivity index (χ4n) is 4.76. The van der Waals surface area contributed by atoms with E-state index in [1.54, 1.807) is 0 Å². The topological polar surface area (TPSA) is 91.0 Å². The minimum Gasteiger partial charge on any atom is -0.381 e. The molecule has 0 radical (unpaired) electrons. The largest absolute Gasteiger partial charge is 0.381 e. The molecule has 3 aliphatic rings. The van der Waals surface area contributed by atoms with Gasteiger partial charge in [-0.25, -0.2) is 4.39 Å². The smallest absolute Gasteiger partial charge is 0.255 e. The van der Waals surface area contributed by atoms with Gasteiger partial charge in [0.2, 0.25) is 11.8 Å². The molecule has 5 rings (SSSR count). The molecule has 2 saturated heterocycles. The van der Waals surface area contributed by atoms with Crippen molar-refractivity contribution in [3.05, 3.63) is 64.5 Å². The predicted octanol–water partition coefficient (Wildman–Crippen LogP) is 2.03. The Morgan fingerprint density at radius 1 is 1.06 bits per heavy atom. The molecule has 1 atom stereocenters. The van der Waals surface area contributed by atoms with E-state index in [2.05, 4.69) is 27.7 Å². The van der Waals surface area contributed by atoms with Crippen molar-refractivity contribution < 1.29 is 23.5 Å². The first-order valence-electron chi connectivity index (χ1n) is 11.6. The van der Waals surface area contributed by atoms with Crippen LogP contribution in [0.25, 0.3) is 0 Å². The highest BCUT2D eigenvalue weighted by Crippen LogP contribution is 2.33. The van der Waals surface area contributed by atoms with Gasteiger partial charge in [0.05, 0.1) is 13.2 Å². The van der Waals surface area contributed by atoms with Crippen LogP contribution in [0.5, 0.6) is 0 Å². The van der Waals surface area contributed by atoms with Crippen molar-refractivity contribution in [3.63, 3.8) is 0 Å². The summed E-state index contributed by atoms with van der Waals surface area (Å²) in [6.07, 6.45) is 0.448. The first-order valence-corrected chi connectivity index (χ1v) is 11.6. The molecule has 0 aromatic heterocycles. The quantitative estimate of drug-likeness (QED) is 0.634. The summed E-state index contributed by atoms with van der Waals surface area (Å²) in [5.41, 5.74) is 3.72. The number of carbonyl (C=O) groups excluding carboxylic acids is 3. The van der Waals surface area contributed by atoms with E-state index < -0.39 is 17.8 Å². The average Bonchev–Trinajstić information content (AvgIpc) is 3.15. The predicted molar refractivity (Wildman–Crippen MR) is 122 cm³/mol. The van der Waals surface area contributed by atoms with E-state index in [1.807, 2.05) is 12.1 Å². The Hall–Kier alpha value is -3.30. The van der Waals surface area contributed by atoms with E-state index in [4.69, 9.17) is 4.74 Å². The molecule has 3 aliphatic heterocycles. The van der Waals surface area contributed by atoms with E-state index in [9.17, 15) is 18.8 Å². The monoisotopic (exact) mass is 466 g/mol. The van der Waals surface area contributed by atoms with Gasteiger partial charge in [-0.1, -0.05) is 24.3 Å². The number of imide groups is 1. The number of ether oxygens (including phenoxy) is 1. The van der Waals surface area contributed by atoms with Crippen LogP contribution >= 0.6 is 0 Å². The van der Waals surface area contributed by atoms with E-state index in [0.29, 0.717) is 17.8 Å². The maximum absolute atomic E-state index is 14.3. The van der Waals surface area contributed by atoms with Gasteiger partial charge in [0.15, 0.2) is 0 Å². The molecule has 0 spiro atoms. The van der Waals surface area contributed by atoms with Crippen LogP contribution in [0.2, 0.25) is 0 Å². The molecule has 2 fully saturated rings. The molecule has 0 aliphatic carbocycles. The lowest BCUT2D eigenvalue weighted by molar-refractivity contribution is -0.136. The summed E-state index contributed by atoms with van der Waals surface area (Å²) in [5, 5.41) is 5.55. The standard InChI is InChI=1S/C25H27FN4O4/c26-18-11-19-20(15-30(25(19)33)22-5-6-23(31)28-24(22)32)21(12-18)27-13-16-1-3-17(4-2-16)14-29-7-9-34-10-8-29/h1-4,11-12,22,27H,5-10,13-15H2,(H,28,31,32)/t22-/m1/s1. The number of hydrogen-bond donors (Lipinski definition) is 2. The maximum atomic E-state index is 14.3. The Balaban J connectivity index is 1.26. The van der Waals surface area contributed by atoms with E-state index in [0.717, 1.165) is 38.4 Å². The van der Waals surface area contributed by atoms with Crippen LogP contribution in [-0.2, 0) is 34.0 Å². The lowest BCUT2D eigenvalue weighted by atomic mass is 10.0. The SMILES string of the molecule is O=C1CC[C@@H](N2Cc3c(NCc4ccc(CN5CCOCC5)cc4)cc(F)cc3C2=O)C(=O)N1. The van der Waals surface area contributed by atoms with Crippen molar-refractivity contribution in [2.75, 3.05) is 31.6 Å². The van der Waals surface area contributed by atoms with Crippen LogP contribution in [-0.4, -0.2) is 59.9 Å². The number of morpholine rings is 1. The molecule has 0 unspecified atom stereocenters. The molecular weight excluding hydrogens is 439 g/mol. The number of piperidine rings is 1. The molecule has 2 aromatic rings. The molecule has 178 valence electrons. The lowest BCUT2D eigenvalue weighted by Gasteiger charge is -2.29. The van der Waals surface area contributed by atoms with Gasteiger partial charge in [-0.05, 0) is 29.7 Å². The van der Waals surface area contributed by atoms with Crippen molar-refractivity contribution in [2.45, 2.75) is 38.5 Å². The number of nitrogens with zero attached hydrogens (tertiary/aromatic N) is 2. The zero-order valence-electron chi connectivity index (χ0n) is 18.8. The van der Waals surface area contributed by atoms with E-state index in [-0.39, 0.29) is 36.8 Å². The number of halogens is 1. The molecule has 8 nitrogen and oxygen atoms in total. The van der Waals surface area contributed by atoms with Gasteiger partial charge in [0.25, 0.3) is 5.91 Å². The number of carbonyl (C=O) groups is 3. The van der Waals surface area contributed by atoms with Crippen molar-refractivity contribution >= 4 is 23.4 Å². The Kier molecular flexibility index (Phi) is 6.30. The Labute approximate surface area is 197 Å². The van der Waals surface area contributed by atoms with Crippen LogP contribution < -0.4 is 10.6 Å². The zero-order chi connectivity index (χ0) is 23.7. The number of fused-ring (bicyclic) bond motifs is 1. The molecule has 2 aromatic carbocycles. The minimum absolute atomic E-state index is 0.178. The van der Waals surface area contributed by atoms with Gasteiger partial charge in [0, 0.05) is 56.0 Å². The Morgan fingerprint density at radius 2 is 1.79 bits per heavy atom. The average molecular weight is 467 g/mol. The normalized spacial score (nSPS) is 20.9. The number of benzene rings is 2. The molecule has 0 bridgehead atoms. The van der Waals surface area contributed by atoms with E-state index in [1.165, 1.54) is 22.6 Å². The third-order valence-corrected chi connectivity index (χ3v) is 6.64. The van der Waals surface area contributed by atoms with Crippen LogP contribution in [0.3, 0.4) is 0 Å². The summed E-state index contributed by atoms with van der Waals surface area (Å²) in [4.78, 5) is 40.5. The summed E-state index contributed by atoms with van der Waals surface area (Å²) in [7, 11) is 0. The summed E-state index contributed by atoms with van der Waals surface area (Å²) < 4.78 is 19.7. The van der Waals surface area contributed by atoms with Gasteiger partial charge in [-0.3, -0.25) is 24.6 Å². The molecule has 3 amide bonds. The summed E-state index contributed by atoms with van der Waals surface area (Å²) in [6.45, 7) is 4.95. The number of rotatable bonds is 6. The number of amides is 3. The van der Waals surface area contributed by atoms with Gasteiger partial charge < -0.3 is 15.0 Å². The number of nitrogens with one attached hydrogen (secondary N) is 2. The lowest BCUT2D eigenvalue weighted by Crippen LogP contribution is -2.52. The maximum Gasteiger partial charge on any atom is 0.255 e. The number of anilines is 1. The fraction of sp³-hybridized carbons (Fsp3) is 0.400. The summed E-state index contributed by atoms with van der Waals surface area (Å²) in [5.74, 6) is -1.72. The van der Waals surface area contributed by atoms with Crippen molar-refractivity contribution in [1.82, 2.24) is 15.1 Å². The van der Waals surface area contributed by atoms with Gasteiger partial charge in [0.1, 0.15) is 11.9 Å². The van der Waals surface area contributed by atoms with Gasteiger partial charge >= 0.3 is 0 Å². The van der Waals surface area contributed by atoms with Crippen LogP contribution in [0.1, 0.15) is 39.9 Å². The van der Waals surface area contributed by atoms with Crippen LogP contribution in [0, 0.1) is 5.82 Å². The second kappa shape index (κ2) is 9.52. The summed E-state index contributed by atoms with van der Waals surface area (Å²) >= 11 is 0. The first kappa shape index (κ1) is 22.5. The molecule has 2 N–H and O–H groups in total. The van der Waals surface area contributed by atoms with Crippen molar-refractivity contribution in [1.29, 1.82) is 0 Å². The Morgan fingerprint density at radius 3 is 2.53 bits per heavy atom. The molecule has 3 heterocycles. The second-order valence-electron chi connectivity index (χ2n) is 8.94. The number of hydrogen-bond acceptors (Lipinski definition) is 6. The Bertz CT molecular complexity index is 1110. The van der Waals surface area contributed by atoms with Gasteiger partial charge in [-0.15, -0.1) is 0 Å². The van der Waals surface area contributed by atoms with Crippen molar-refractivity contribution in [2.24, 2.45) is 0 Å². The second-order valence-corrected chi connectivity index (χ2v) is 8.94. The highest BCUT2D eigenvalue weighted by Gasteiger charge is 2.40. The van der Waals surface area contributed by atoms with Crippen LogP contribution in [0.15, 0.2) is 36.4 Å². The van der Waals surface area contributed by atoms with Gasteiger partial charge in [-0.2, -0.15) is 0 Å². The molecule has 9 heteroatoms. The first-order chi connectivity index (χ1) is 16.5.